The Balaban J connectivity index is 1.60. The molecule has 0 radical (unpaired) electrons. The number of carbonyl (C=O) groups excluding carboxylic acids is 1. The molecule has 21 heavy (non-hydrogen) atoms. The number of benzene rings is 1. The number of aromatic nitrogens is 3. The Morgan fingerprint density at radius 1 is 1.43 bits per heavy atom. The van der Waals surface area contributed by atoms with Gasteiger partial charge in [-0.05, 0) is 30.5 Å². The first-order valence-electron chi connectivity index (χ1n) is 6.79. The van der Waals surface area contributed by atoms with Crippen molar-refractivity contribution in [2.45, 2.75) is 25.4 Å². The zero-order valence-corrected chi connectivity index (χ0v) is 11.3. The molecule has 7 heteroatoms. The lowest BCUT2D eigenvalue weighted by Crippen LogP contribution is -2.27. The minimum absolute atomic E-state index is 0.222. The third-order valence-corrected chi connectivity index (χ3v) is 3.27. The number of ether oxygens (including phenoxy) is 1. The maximum Gasteiger partial charge on any atom is 0.255 e. The van der Waals surface area contributed by atoms with Gasteiger partial charge in [-0.1, -0.05) is 12.1 Å². The van der Waals surface area contributed by atoms with Crippen molar-refractivity contribution < 1.29 is 13.9 Å². The van der Waals surface area contributed by atoms with Gasteiger partial charge in [-0.25, -0.2) is 4.39 Å². The highest BCUT2D eigenvalue weighted by atomic mass is 19.1. The summed E-state index contributed by atoms with van der Waals surface area (Å²) in [6, 6.07) is 6.16. The summed E-state index contributed by atoms with van der Waals surface area (Å²) in [5, 5.41) is 9.32. The number of aromatic amines is 1. The molecule has 0 unspecified atom stereocenters. The van der Waals surface area contributed by atoms with Crippen molar-refractivity contribution in [3.8, 4) is 0 Å². The topological polar surface area (TPSA) is 79.9 Å². The van der Waals surface area contributed by atoms with Crippen LogP contribution >= 0.6 is 0 Å². The summed E-state index contributed by atoms with van der Waals surface area (Å²) in [6.07, 6.45) is 1.69. The molecule has 1 atom stereocenters. The van der Waals surface area contributed by atoms with E-state index in [-0.39, 0.29) is 17.7 Å². The lowest BCUT2D eigenvalue weighted by Gasteiger charge is -2.06. The zero-order valence-electron chi connectivity index (χ0n) is 11.3. The van der Waals surface area contributed by atoms with Crippen LogP contribution in [0.15, 0.2) is 24.3 Å². The third-order valence-electron chi connectivity index (χ3n) is 3.27. The zero-order chi connectivity index (χ0) is 14.7. The summed E-state index contributed by atoms with van der Waals surface area (Å²) < 4.78 is 18.1. The highest BCUT2D eigenvalue weighted by Gasteiger charge is 2.24. The first-order chi connectivity index (χ1) is 10.2. The number of nitrogens with one attached hydrogen (secondary N) is 2. The predicted octanol–water partition coefficient (Wildman–Crippen LogP) is 1.65. The Bertz CT molecular complexity index is 620. The van der Waals surface area contributed by atoms with Gasteiger partial charge in [0.25, 0.3) is 5.91 Å². The van der Waals surface area contributed by atoms with Crippen LogP contribution in [-0.2, 0) is 16.0 Å². The summed E-state index contributed by atoms with van der Waals surface area (Å²) in [6.45, 7) is 0.613. The first-order valence-corrected chi connectivity index (χ1v) is 6.79. The average molecular weight is 290 g/mol. The summed E-state index contributed by atoms with van der Waals surface area (Å²) >= 11 is 0. The smallest absolute Gasteiger partial charge is 0.255 e. The van der Waals surface area contributed by atoms with Gasteiger partial charge in [0.1, 0.15) is 17.7 Å². The Kier molecular flexibility index (Phi) is 3.92. The van der Waals surface area contributed by atoms with Crippen LogP contribution in [0.4, 0.5) is 10.3 Å². The van der Waals surface area contributed by atoms with Gasteiger partial charge in [-0.3, -0.25) is 15.2 Å². The first kappa shape index (κ1) is 13.7. The number of amides is 1. The quantitative estimate of drug-likeness (QED) is 0.897. The Labute approximate surface area is 120 Å². The van der Waals surface area contributed by atoms with Gasteiger partial charge in [0.05, 0.1) is 0 Å². The minimum Gasteiger partial charge on any atom is -0.368 e. The lowest BCUT2D eigenvalue weighted by atomic mass is 10.1. The molecular weight excluding hydrogens is 275 g/mol. The van der Waals surface area contributed by atoms with Crippen LogP contribution in [0.2, 0.25) is 0 Å². The maximum absolute atomic E-state index is 12.8. The predicted molar refractivity (Wildman–Crippen MR) is 73.2 cm³/mol. The SMILES string of the molecule is O=C(Nc1n[nH]c(Cc2ccc(F)cc2)n1)[C@@H]1CCCO1. The van der Waals surface area contributed by atoms with Gasteiger partial charge in [0, 0.05) is 13.0 Å². The molecule has 6 nitrogen and oxygen atoms in total. The van der Waals surface area contributed by atoms with Crippen molar-refractivity contribution in [2.24, 2.45) is 0 Å². The van der Waals surface area contributed by atoms with E-state index < -0.39 is 6.10 Å². The molecule has 1 aliphatic rings. The van der Waals surface area contributed by atoms with E-state index in [1.54, 1.807) is 12.1 Å². The van der Waals surface area contributed by atoms with Gasteiger partial charge >= 0.3 is 0 Å². The number of carbonyl (C=O) groups is 1. The molecule has 2 aromatic rings. The Morgan fingerprint density at radius 3 is 2.95 bits per heavy atom. The molecule has 1 saturated heterocycles. The molecule has 1 fully saturated rings. The summed E-state index contributed by atoms with van der Waals surface area (Å²) in [7, 11) is 0. The second-order valence-electron chi connectivity index (χ2n) is 4.90. The summed E-state index contributed by atoms with van der Waals surface area (Å²) in [5.41, 5.74) is 0.907. The number of hydrogen-bond acceptors (Lipinski definition) is 4. The van der Waals surface area contributed by atoms with E-state index in [1.807, 2.05) is 0 Å². The molecule has 0 saturated carbocycles. The number of H-pyrrole nitrogens is 1. The molecule has 1 aromatic heterocycles. The summed E-state index contributed by atoms with van der Waals surface area (Å²) in [5.74, 6) is 0.331. The number of halogens is 1. The molecule has 110 valence electrons. The van der Waals surface area contributed by atoms with Crippen molar-refractivity contribution in [1.29, 1.82) is 0 Å². The molecule has 1 aliphatic heterocycles. The maximum atomic E-state index is 12.8. The standard InChI is InChI=1S/C14H15FN4O2/c15-10-5-3-9(4-6-10)8-12-16-14(19-18-12)17-13(20)11-2-1-7-21-11/h3-6,11H,1-2,7-8H2,(H2,16,17,18,19,20)/t11-/m0/s1. The molecule has 3 rings (SSSR count). The molecule has 1 amide bonds. The van der Waals surface area contributed by atoms with Crippen LogP contribution in [0.25, 0.3) is 0 Å². The normalized spacial score (nSPS) is 17.9. The van der Waals surface area contributed by atoms with Crippen LogP contribution in [0.1, 0.15) is 24.2 Å². The van der Waals surface area contributed by atoms with Crippen LogP contribution in [0.5, 0.6) is 0 Å². The van der Waals surface area contributed by atoms with Gasteiger partial charge in [-0.15, -0.1) is 5.10 Å². The number of nitrogens with zero attached hydrogens (tertiary/aromatic N) is 2. The number of hydrogen-bond donors (Lipinski definition) is 2. The van der Waals surface area contributed by atoms with Crippen molar-refractivity contribution in [3.05, 3.63) is 41.5 Å². The lowest BCUT2D eigenvalue weighted by molar-refractivity contribution is -0.124. The number of anilines is 1. The molecule has 0 aliphatic carbocycles. The van der Waals surface area contributed by atoms with Crippen LogP contribution in [-0.4, -0.2) is 33.8 Å². The van der Waals surface area contributed by atoms with E-state index in [4.69, 9.17) is 4.74 Å². The van der Waals surface area contributed by atoms with Crippen LogP contribution in [0.3, 0.4) is 0 Å². The third kappa shape index (κ3) is 3.43. The monoisotopic (exact) mass is 290 g/mol. The van der Waals surface area contributed by atoms with Crippen molar-refractivity contribution >= 4 is 11.9 Å². The van der Waals surface area contributed by atoms with Gasteiger partial charge in [0.15, 0.2) is 0 Å². The fraction of sp³-hybridized carbons (Fsp3) is 0.357. The van der Waals surface area contributed by atoms with E-state index in [0.29, 0.717) is 18.9 Å². The highest BCUT2D eigenvalue weighted by Crippen LogP contribution is 2.14. The average Bonchev–Trinajstić information content (AvgIpc) is 3.13. The molecule has 1 aromatic carbocycles. The second-order valence-corrected chi connectivity index (χ2v) is 4.90. The number of rotatable bonds is 4. The highest BCUT2D eigenvalue weighted by molar-refractivity contribution is 5.92. The fourth-order valence-corrected chi connectivity index (χ4v) is 2.20. The molecule has 2 heterocycles. The van der Waals surface area contributed by atoms with E-state index in [2.05, 4.69) is 20.5 Å². The molecular formula is C14H15FN4O2. The molecule has 0 bridgehead atoms. The van der Waals surface area contributed by atoms with E-state index >= 15 is 0 Å². The van der Waals surface area contributed by atoms with Gasteiger partial charge in [0.2, 0.25) is 5.95 Å². The van der Waals surface area contributed by atoms with Crippen LogP contribution in [0, 0.1) is 5.82 Å². The van der Waals surface area contributed by atoms with E-state index in [0.717, 1.165) is 18.4 Å². The van der Waals surface area contributed by atoms with Crippen molar-refractivity contribution in [1.82, 2.24) is 15.2 Å². The Morgan fingerprint density at radius 2 is 2.24 bits per heavy atom. The van der Waals surface area contributed by atoms with E-state index in [9.17, 15) is 9.18 Å². The Hall–Kier alpha value is -2.28. The van der Waals surface area contributed by atoms with Crippen LogP contribution < -0.4 is 5.32 Å². The van der Waals surface area contributed by atoms with E-state index in [1.165, 1.54) is 12.1 Å². The molecule has 0 spiro atoms. The fourth-order valence-electron chi connectivity index (χ4n) is 2.20. The summed E-state index contributed by atoms with van der Waals surface area (Å²) in [4.78, 5) is 16.0. The van der Waals surface area contributed by atoms with Crippen molar-refractivity contribution in [3.63, 3.8) is 0 Å². The van der Waals surface area contributed by atoms with Crippen molar-refractivity contribution in [2.75, 3.05) is 11.9 Å². The van der Waals surface area contributed by atoms with Gasteiger partial charge in [-0.2, -0.15) is 4.98 Å². The molecule has 2 N–H and O–H groups in total. The largest absolute Gasteiger partial charge is 0.368 e. The van der Waals surface area contributed by atoms with Gasteiger partial charge < -0.3 is 4.74 Å². The minimum atomic E-state index is -0.413. The second kappa shape index (κ2) is 6.01.